The van der Waals surface area contributed by atoms with Gasteiger partial charge in [-0.3, -0.25) is 0 Å². The van der Waals surface area contributed by atoms with Gasteiger partial charge in [0.2, 0.25) is 0 Å². The lowest BCUT2D eigenvalue weighted by atomic mass is 10.1. The Labute approximate surface area is 115 Å². The SMILES string of the molecule is COCCCC(N)CN1CCCOc2ccccc21. The summed E-state index contributed by atoms with van der Waals surface area (Å²) in [5.41, 5.74) is 7.38. The average Bonchev–Trinajstić information content (AvgIpc) is 2.62. The summed E-state index contributed by atoms with van der Waals surface area (Å²) < 4.78 is 10.8. The summed E-state index contributed by atoms with van der Waals surface area (Å²) >= 11 is 0. The summed E-state index contributed by atoms with van der Waals surface area (Å²) in [4.78, 5) is 2.35. The van der Waals surface area contributed by atoms with Gasteiger partial charge in [0.05, 0.1) is 12.3 Å². The number of hydrogen-bond acceptors (Lipinski definition) is 4. The molecule has 0 fully saturated rings. The second-order valence-corrected chi connectivity index (χ2v) is 5.01. The van der Waals surface area contributed by atoms with Crippen LogP contribution in [0.1, 0.15) is 19.3 Å². The van der Waals surface area contributed by atoms with Crippen LogP contribution in [0.15, 0.2) is 24.3 Å². The van der Waals surface area contributed by atoms with E-state index in [2.05, 4.69) is 17.0 Å². The molecule has 1 aromatic carbocycles. The third-order valence-electron chi connectivity index (χ3n) is 3.41. The lowest BCUT2D eigenvalue weighted by Gasteiger charge is -2.27. The third-order valence-corrected chi connectivity index (χ3v) is 3.41. The Morgan fingerprint density at radius 2 is 2.26 bits per heavy atom. The van der Waals surface area contributed by atoms with Gasteiger partial charge in [-0.15, -0.1) is 0 Å². The molecule has 1 aliphatic rings. The van der Waals surface area contributed by atoms with E-state index in [0.717, 1.165) is 51.3 Å². The van der Waals surface area contributed by atoms with Crippen molar-refractivity contribution >= 4 is 5.69 Å². The maximum absolute atomic E-state index is 6.22. The first-order chi connectivity index (χ1) is 9.31. The fraction of sp³-hybridized carbons (Fsp3) is 0.600. The minimum absolute atomic E-state index is 0.182. The molecule has 1 unspecified atom stereocenters. The number of hydrogen-bond donors (Lipinski definition) is 1. The number of ether oxygens (including phenoxy) is 2. The summed E-state index contributed by atoms with van der Waals surface area (Å²) in [6.45, 7) is 3.46. The van der Waals surface area contributed by atoms with Crippen LogP contribution in [-0.4, -0.2) is 39.5 Å². The van der Waals surface area contributed by atoms with Crippen LogP contribution in [0.2, 0.25) is 0 Å². The van der Waals surface area contributed by atoms with E-state index in [9.17, 15) is 0 Å². The molecule has 19 heavy (non-hydrogen) atoms. The molecule has 1 aromatic rings. The zero-order valence-corrected chi connectivity index (χ0v) is 11.7. The second kappa shape index (κ2) is 7.36. The first kappa shape index (κ1) is 14.2. The number of nitrogens with zero attached hydrogens (tertiary/aromatic N) is 1. The highest BCUT2D eigenvalue weighted by atomic mass is 16.5. The first-order valence-electron chi connectivity index (χ1n) is 7.02. The van der Waals surface area contributed by atoms with Crippen molar-refractivity contribution in [1.29, 1.82) is 0 Å². The van der Waals surface area contributed by atoms with Crippen molar-refractivity contribution in [3.8, 4) is 5.75 Å². The van der Waals surface area contributed by atoms with Gasteiger partial charge in [-0.05, 0) is 31.4 Å². The van der Waals surface area contributed by atoms with Crippen molar-refractivity contribution in [2.75, 3.05) is 38.3 Å². The number of benzene rings is 1. The first-order valence-corrected chi connectivity index (χ1v) is 7.02. The van der Waals surface area contributed by atoms with E-state index in [4.69, 9.17) is 15.2 Å². The van der Waals surface area contributed by atoms with Crippen molar-refractivity contribution in [2.24, 2.45) is 5.73 Å². The second-order valence-electron chi connectivity index (χ2n) is 5.01. The standard InChI is InChI=1S/C15H24N2O2/c1-18-10-4-6-13(16)12-17-9-5-11-19-15-8-3-2-7-14(15)17/h2-3,7-8,13H,4-6,9-12,16H2,1H3. The molecule has 0 saturated heterocycles. The molecule has 2 rings (SSSR count). The Kier molecular flexibility index (Phi) is 5.48. The van der Waals surface area contributed by atoms with Crippen LogP contribution in [0.5, 0.6) is 5.75 Å². The lowest BCUT2D eigenvalue weighted by Crippen LogP contribution is -2.38. The van der Waals surface area contributed by atoms with Crippen LogP contribution in [0, 0.1) is 0 Å². The monoisotopic (exact) mass is 264 g/mol. The van der Waals surface area contributed by atoms with Gasteiger partial charge in [-0.2, -0.15) is 0 Å². The number of rotatable bonds is 6. The van der Waals surface area contributed by atoms with Crippen molar-refractivity contribution in [2.45, 2.75) is 25.3 Å². The van der Waals surface area contributed by atoms with E-state index in [0.29, 0.717) is 0 Å². The fourth-order valence-corrected chi connectivity index (χ4v) is 2.45. The Balaban J connectivity index is 1.95. The van der Waals surface area contributed by atoms with E-state index in [1.54, 1.807) is 7.11 Å². The van der Waals surface area contributed by atoms with Gasteiger partial charge in [-0.1, -0.05) is 12.1 Å². The minimum atomic E-state index is 0.182. The molecule has 1 heterocycles. The van der Waals surface area contributed by atoms with Gasteiger partial charge in [0.15, 0.2) is 0 Å². The number of anilines is 1. The maximum atomic E-state index is 6.22. The predicted molar refractivity (Wildman–Crippen MR) is 77.9 cm³/mol. The van der Waals surface area contributed by atoms with E-state index in [1.165, 1.54) is 5.69 Å². The van der Waals surface area contributed by atoms with Crippen LogP contribution in [0.3, 0.4) is 0 Å². The molecule has 1 atom stereocenters. The van der Waals surface area contributed by atoms with Gasteiger partial charge in [0.1, 0.15) is 5.75 Å². The highest BCUT2D eigenvalue weighted by Gasteiger charge is 2.17. The molecule has 0 spiro atoms. The summed E-state index contributed by atoms with van der Waals surface area (Å²) in [6, 6.07) is 8.39. The third kappa shape index (κ3) is 4.11. The highest BCUT2D eigenvalue weighted by Crippen LogP contribution is 2.30. The lowest BCUT2D eigenvalue weighted by molar-refractivity contribution is 0.190. The molecular formula is C15H24N2O2. The normalized spacial score (nSPS) is 16.4. The molecule has 1 aliphatic heterocycles. The number of methoxy groups -OCH3 is 1. The minimum Gasteiger partial charge on any atom is -0.491 e. The zero-order valence-electron chi connectivity index (χ0n) is 11.7. The Morgan fingerprint density at radius 1 is 1.42 bits per heavy atom. The van der Waals surface area contributed by atoms with Gasteiger partial charge in [0, 0.05) is 32.8 Å². The maximum Gasteiger partial charge on any atom is 0.142 e. The molecule has 0 aromatic heterocycles. The largest absolute Gasteiger partial charge is 0.491 e. The molecule has 106 valence electrons. The summed E-state index contributed by atoms with van der Waals surface area (Å²) in [7, 11) is 1.73. The Hall–Kier alpha value is -1.26. The van der Waals surface area contributed by atoms with E-state index in [1.807, 2.05) is 12.1 Å². The zero-order chi connectivity index (χ0) is 13.5. The highest BCUT2D eigenvalue weighted by molar-refractivity contribution is 5.59. The molecular weight excluding hydrogens is 240 g/mol. The summed E-state index contributed by atoms with van der Waals surface area (Å²) in [5, 5.41) is 0. The van der Waals surface area contributed by atoms with Crippen molar-refractivity contribution in [3.05, 3.63) is 24.3 Å². The van der Waals surface area contributed by atoms with Gasteiger partial charge in [-0.25, -0.2) is 0 Å². The Bertz CT molecular complexity index is 384. The van der Waals surface area contributed by atoms with E-state index in [-0.39, 0.29) is 6.04 Å². The average molecular weight is 264 g/mol. The molecule has 0 radical (unpaired) electrons. The van der Waals surface area contributed by atoms with Gasteiger partial charge < -0.3 is 20.1 Å². The number of para-hydroxylation sites is 2. The smallest absolute Gasteiger partial charge is 0.142 e. The van der Waals surface area contributed by atoms with Crippen LogP contribution in [0.25, 0.3) is 0 Å². The molecule has 2 N–H and O–H groups in total. The molecule has 0 aliphatic carbocycles. The van der Waals surface area contributed by atoms with Crippen LogP contribution >= 0.6 is 0 Å². The van der Waals surface area contributed by atoms with Crippen LogP contribution < -0.4 is 15.4 Å². The Morgan fingerprint density at radius 3 is 3.11 bits per heavy atom. The van der Waals surface area contributed by atoms with Crippen molar-refractivity contribution < 1.29 is 9.47 Å². The van der Waals surface area contributed by atoms with Crippen LogP contribution in [0.4, 0.5) is 5.69 Å². The molecule has 4 nitrogen and oxygen atoms in total. The van der Waals surface area contributed by atoms with E-state index >= 15 is 0 Å². The van der Waals surface area contributed by atoms with Crippen molar-refractivity contribution in [1.82, 2.24) is 0 Å². The van der Waals surface area contributed by atoms with Gasteiger partial charge >= 0.3 is 0 Å². The molecule has 0 bridgehead atoms. The molecule has 4 heteroatoms. The fourth-order valence-electron chi connectivity index (χ4n) is 2.45. The quantitative estimate of drug-likeness (QED) is 0.799. The summed E-state index contributed by atoms with van der Waals surface area (Å²) in [6.07, 6.45) is 3.05. The van der Waals surface area contributed by atoms with Crippen molar-refractivity contribution in [3.63, 3.8) is 0 Å². The number of nitrogens with two attached hydrogens (primary N) is 1. The van der Waals surface area contributed by atoms with E-state index < -0.39 is 0 Å². The molecule has 0 saturated carbocycles. The van der Waals surface area contributed by atoms with Crippen LogP contribution in [-0.2, 0) is 4.74 Å². The molecule has 0 amide bonds. The number of fused-ring (bicyclic) bond motifs is 1. The predicted octanol–water partition coefficient (Wildman–Crippen LogP) is 2.03. The summed E-state index contributed by atoms with van der Waals surface area (Å²) in [5.74, 6) is 0.976. The van der Waals surface area contributed by atoms with Gasteiger partial charge in [0.25, 0.3) is 0 Å². The topological polar surface area (TPSA) is 47.7 Å².